The van der Waals surface area contributed by atoms with E-state index in [-0.39, 0.29) is 17.2 Å². The Morgan fingerprint density at radius 1 is 0.528 bits per heavy atom. The highest BCUT2D eigenvalue weighted by Crippen LogP contribution is 2.16. The molecule has 36 heavy (non-hydrogen) atoms. The van der Waals surface area contributed by atoms with Gasteiger partial charge in [-0.1, -0.05) is 42.5 Å². The summed E-state index contributed by atoms with van der Waals surface area (Å²) >= 11 is 0. The van der Waals surface area contributed by atoms with Crippen molar-refractivity contribution in [1.29, 1.82) is 0 Å². The normalized spacial score (nSPS) is 10.3. The van der Waals surface area contributed by atoms with E-state index in [1.54, 1.807) is 42.5 Å². The number of aromatic hydroxyl groups is 3. The number of rotatable bonds is 6. The summed E-state index contributed by atoms with van der Waals surface area (Å²) in [5.41, 5.74) is 1.91. The van der Waals surface area contributed by atoms with E-state index >= 15 is 0 Å². The van der Waals surface area contributed by atoms with Crippen molar-refractivity contribution in [2.75, 3.05) is 0 Å². The van der Waals surface area contributed by atoms with Gasteiger partial charge in [0, 0.05) is 23.8 Å². The van der Waals surface area contributed by atoms with Crippen LogP contribution in [0.25, 0.3) is 18.2 Å². The molecule has 0 unspecified atom stereocenters. The molecule has 0 aliphatic heterocycles. The zero-order valence-electron chi connectivity index (χ0n) is 18.8. The second-order valence-corrected chi connectivity index (χ2v) is 6.76. The van der Waals surface area contributed by atoms with E-state index in [9.17, 15) is 19.5 Å². The number of phenols is 3. The lowest BCUT2D eigenvalue weighted by atomic mass is 10.2. The third-order valence-electron chi connectivity index (χ3n) is 3.94. The first-order chi connectivity index (χ1) is 17.1. The molecule has 0 fully saturated rings. The van der Waals surface area contributed by atoms with Gasteiger partial charge in [0.1, 0.15) is 17.2 Å². The van der Waals surface area contributed by atoms with E-state index in [2.05, 4.69) is 0 Å². The van der Waals surface area contributed by atoms with E-state index in [0.717, 1.165) is 23.8 Å². The van der Waals surface area contributed by atoms with Crippen LogP contribution in [-0.4, -0.2) is 48.5 Å². The Balaban J connectivity index is 0.000000270. The van der Waals surface area contributed by atoms with Crippen LogP contribution in [0.3, 0.4) is 0 Å². The molecule has 0 atom stereocenters. The van der Waals surface area contributed by atoms with Crippen LogP contribution in [0.4, 0.5) is 0 Å². The van der Waals surface area contributed by atoms with Crippen LogP contribution in [0, 0.1) is 0 Å². The average Bonchev–Trinajstić information content (AvgIpc) is 2.83. The molecule has 186 valence electrons. The summed E-state index contributed by atoms with van der Waals surface area (Å²) in [5, 5.41) is 52.0. The number of carboxylic acid groups (broad SMARTS) is 3. The Bertz CT molecular complexity index is 1240. The second-order valence-electron chi connectivity index (χ2n) is 6.76. The van der Waals surface area contributed by atoms with Gasteiger partial charge >= 0.3 is 17.9 Å². The SMILES string of the molecule is O=C(O)C=Cc1ccc(O)cc1.O=C(O)C=Cc1cccc(O)c1.O=C(O)C=Cc1ccccc1O. The smallest absolute Gasteiger partial charge is 0.328 e. The van der Waals surface area contributed by atoms with Gasteiger partial charge in [0.25, 0.3) is 0 Å². The molecular formula is C27H24O9. The summed E-state index contributed by atoms with van der Waals surface area (Å²) in [4.78, 5) is 30.3. The number of hydrogen-bond acceptors (Lipinski definition) is 6. The molecule has 3 rings (SSSR count). The number of phenolic OH excluding ortho intramolecular Hbond substituents is 3. The van der Waals surface area contributed by atoms with Crippen molar-refractivity contribution in [1.82, 2.24) is 0 Å². The highest BCUT2D eigenvalue weighted by Gasteiger charge is 1.94. The molecule has 0 saturated heterocycles. The summed E-state index contributed by atoms with van der Waals surface area (Å²) in [6.07, 6.45) is 7.28. The lowest BCUT2D eigenvalue weighted by molar-refractivity contribution is -0.132. The molecule has 0 amide bonds. The first-order valence-electron chi connectivity index (χ1n) is 10.2. The van der Waals surface area contributed by atoms with Gasteiger partial charge < -0.3 is 30.6 Å². The number of hydrogen-bond donors (Lipinski definition) is 6. The molecule has 0 radical (unpaired) electrons. The van der Waals surface area contributed by atoms with E-state index in [1.807, 2.05) is 0 Å². The third-order valence-corrected chi connectivity index (χ3v) is 3.94. The third kappa shape index (κ3) is 13.3. The zero-order valence-corrected chi connectivity index (χ0v) is 18.8. The topological polar surface area (TPSA) is 173 Å². The van der Waals surface area contributed by atoms with E-state index in [4.69, 9.17) is 25.5 Å². The van der Waals surface area contributed by atoms with Crippen LogP contribution in [0.1, 0.15) is 16.7 Å². The van der Waals surface area contributed by atoms with Gasteiger partial charge in [0.15, 0.2) is 0 Å². The minimum atomic E-state index is -1.03. The van der Waals surface area contributed by atoms with Gasteiger partial charge in [-0.05, 0) is 59.7 Å². The standard InChI is InChI=1S/3C9H8O3/c10-8-4-1-7(2-5-8)3-6-9(11)12;10-8-3-1-2-7(6-8)4-5-9(11)12;10-8-4-2-1-3-7(8)5-6-9(11)12/h3*1-6,10H,(H,11,12). The van der Waals surface area contributed by atoms with E-state index < -0.39 is 17.9 Å². The van der Waals surface area contributed by atoms with Crippen molar-refractivity contribution < 1.29 is 45.0 Å². The number of carbonyl (C=O) groups is 3. The Morgan fingerprint density at radius 3 is 1.58 bits per heavy atom. The van der Waals surface area contributed by atoms with Crippen LogP contribution in [0.5, 0.6) is 17.2 Å². The average molecular weight is 492 g/mol. The second kappa shape index (κ2) is 15.5. The molecular weight excluding hydrogens is 468 g/mol. The first kappa shape index (κ1) is 28.7. The highest BCUT2D eigenvalue weighted by atomic mass is 16.4. The number of para-hydroxylation sites is 1. The first-order valence-corrected chi connectivity index (χ1v) is 10.2. The van der Waals surface area contributed by atoms with Crippen LogP contribution in [-0.2, 0) is 14.4 Å². The quantitative estimate of drug-likeness (QED) is 0.271. The van der Waals surface area contributed by atoms with Crippen molar-refractivity contribution in [3.8, 4) is 17.2 Å². The van der Waals surface area contributed by atoms with Gasteiger partial charge in [0.2, 0.25) is 0 Å². The van der Waals surface area contributed by atoms with Crippen LogP contribution >= 0.6 is 0 Å². The molecule has 0 saturated carbocycles. The van der Waals surface area contributed by atoms with Gasteiger partial charge in [0.05, 0.1) is 0 Å². The maximum absolute atomic E-state index is 10.1. The number of carboxylic acids is 3. The lowest BCUT2D eigenvalue weighted by Crippen LogP contribution is -1.85. The van der Waals surface area contributed by atoms with Gasteiger partial charge in [-0.15, -0.1) is 0 Å². The van der Waals surface area contributed by atoms with Gasteiger partial charge in [-0.25, -0.2) is 14.4 Å². The summed E-state index contributed by atoms with van der Waals surface area (Å²) in [5.74, 6) is -2.64. The fourth-order valence-electron chi connectivity index (χ4n) is 2.34. The van der Waals surface area contributed by atoms with Crippen molar-refractivity contribution in [3.05, 3.63) is 108 Å². The highest BCUT2D eigenvalue weighted by molar-refractivity contribution is 5.86. The maximum atomic E-state index is 10.1. The molecule has 3 aromatic rings. The Morgan fingerprint density at radius 2 is 1.06 bits per heavy atom. The molecule has 0 heterocycles. The predicted octanol–water partition coefficient (Wildman–Crippen LogP) is 4.47. The van der Waals surface area contributed by atoms with E-state index in [0.29, 0.717) is 11.1 Å². The molecule has 0 aliphatic carbocycles. The Hall–Kier alpha value is -5.31. The zero-order chi connectivity index (χ0) is 26.9. The van der Waals surface area contributed by atoms with Crippen molar-refractivity contribution >= 4 is 36.1 Å². The maximum Gasteiger partial charge on any atom is 0.328 e. The number of benzene rings is 3. The lowest BCUT2D eigenvalue weighted by Gasteiger charge is -1.95. The summed E-state index contributed by atoms with van der Waals surface area (Å²) in [6.45, 7) is 0. The molecule has 0 bridgehead atoms. The molecule has 9 nitrogen and oxygen atoms in total. The van der Waals surface area contributed by atoms with E-state index in [1.165, 1.54) is 48.6 Å². The Kier molecular flexibility index (Phi) is 12.4. The van der Waals surface area contributed by atoms with Gasteiger partial charge in [-0.3, -0.25) is 0 Å². The summed E-state index contributed by atoms with van der Waals surface area (Å²) in [7, 11) is 0. The van der Waals surface area contributed by atoms with Crippen molar-refractivity contribution in [2.45, 2.75) is 0 Å². The molecule has 9 heteroatoms. The molecule has 0 aromatic heterocycles. The van der Waals surface area contributed by atoms with Crippen LogP contribution in [0.2, 0.25) is 0 Å². The van der Waals surface area contributed by atoms with Crippen LogP contribution in [0.15, 0.2) is 91.0 Å². The molecule has 0 spiro atoms. The van der Waals surface area contributed by atoms with Crippen LogP contribution < -0.4 is 0 Å². The predicted molar refractivity (Wildman–Crippen MR) is 134 cm³/mol. The minimum Gasteiger partial charge on any atom is -0.508 e. The molecule has 0 aliphatic rings. The summed E-state index contributed by atoms with van der Waals surface area (Å²) < 4.78 is 0. The summed E-state index contributed by atoms with van der Waals surface area (Å²) in [6, 6.07) is 19.2. The minimum absolute atomic E-state index is 0.0787. The fraction of sp³-hybridized carbons (Fsp3) is 0. The molecule has 3 aromatic carbocycles. The Labute approximate surface area is 206 Å². The fourth-order valence-corrected chi connectivity index (χ4v) is 2.34. The molecule has 6 N–H and O–H groups in total. The van der Waals surface area contributed by atoms with Crippen molar-refractivity contribution in [3.63, 3.8) is 0 Å². The largest absolute Gasteiger partial charge is 0.508 e. The number of aliphatic carboxylic acids is 3. The van der Waals surface area contributed by atoms with Gasteiger partial charge in [-0.2, -0.15) is 0 Å². The van der Waals surface area contributed by atoms with Crippen molar-refractivity contribution in [2.24, 2.45) is 0 Å². The monoisotopic (exact) mass is 492 g/mol.